The number of rotatable bonds is 8. The fourth-order valence-electron chi connectivity index (χ4n) is 9.93. The molecule has 0 aromatic rings. The maximum Gasteiger partial charge on any atom is 0.0594 e. The number of hydrogen-bond donors (Lipinski definition) is 1. The van der Waals surface area contributed by atoms with E-state index >= 15 is 0 Å². The molecule has 8 fully saturated rings. The van der Waals surface area contributed by atoms with Gasteiger partial charge in [0, 0.05) is 107 Å². The van der Waals surface area contributed by atoms with Gasteiger partial charge in [0.05, 0.1) is 13.2 Å². The molecule has 2 N–H and O–H groups in total. The first-order valence-corrected chi connectivity index (χ1v) is 30.1. The lowest BCUT2D eigenvalue weighted by molar-refractivity contribution is 0.0238. The maximum absolute atomic E-state index is 5.56. The molecule has 8 rings (SSSR count). The van der Waals surface area contributed by atoms with Crippen molar-refractivity contribution in [3.8, 4) is 0 Å². The number of nitrogens with zero attached hydrogens (tertiary/aromatic N) is 9. The van der Waals surface area contributed by atoms with Crippen LogP contribution in [0.1, 0.15) is 188 Å². The Morgan fingerprint density at radius 2 is 0.571 bits per heavy atom. The minimum atomic E-state index is 0.456. The average Bonchev–Trinajstić information content (AvgIpc) is 3.86. The van der Waals surface area contributed by atoms with Crippen LogP contribution in [-0.2, 0) is 4.74 Å². The Morgan fingerprint density at radius 3 is 0.800 bits per heavy atom. The van der Waals surface area contributed by atoms with E-state index < -0.39 is 0 Å². The van der Waals surface area contributed by atoms with Crippen molar-refractivity contribution in [3.63, 3.8) is 0 Å². The van der Waals surface area contributed by atoms with E-state index in [4.69, 9.17) is 10.5 Å². The SMILES string of the molecule is CC(C)N1CC(N)C1.CC(C)N1CCC1.CC(C)N1CCCC1.CC(C)N1CCCCC1.CC(C)N1CCCCC1.CC(C)N1CCN(C)CC1.CC(C)N1CCOCC1.CC1CCN(C(C)C)CC1. The van der Waals surface area contributed by atoms with Crippen LogP contribution in [0.15, 0.2) is 0 Å². The second kappa shape index (κ2) is 39.9. The van der Waals surface area contributed by atoms with Crippen molar-refractivity contribution in [1.82, 2.24) is 44.1 Å². The van der Waals surface area contributed by atoms with Gasteiger partial charge in [-0.25, -0.2) is 0 Å². The lowest BCUT2D eigenvalue weighted by Crippen LogP contribution is -2.57. The molecule has 0 aliphatic carbocycles. The van der Waals surface area contributed by atoms with Gasteiger partial charge in [0.1, 0.15) is 0 Å². The number of morpholine rings is 1. The van der Waals surface area contributed by atoms with Crippen LogP contribution >= 0.6 is 0 Å². The maximum atomic E-state index is 5.56. The first kappa shape index (κ1) is 67.6. The Labute approximate surface area is 439 Å². The minimum absolute atomic E-state index is 0.456. The van der Waals surface area contributed by atoms with Crippen molar-refractivity contribution in [2.45, 2.75) is 243 Å². The van der Waals surface area contributed by atoms with Gasteiger partial charge >= 0.3 is 0 Å². The van der Waals surface area contributed by atoms with E-state index in [0.717, 1.165) is 81.6 Å². The first-order chi connectivity index (χ1) is 33.1. The molecule has 0 aromatic carbocycles. The Kier molecular flexibility index (Phi) is 38.5. The van der Waals surface area contributed by atoms with E-state index in [2.05, 4.69) is 169 Å². The summed E-state index contributed by atoms with van der Waals surface area (Å²) in [6, 6.07) is 6.42. The Balaban J connectivity index is 0.000000401. The highest BCUT2D eigenvalue weighted by molar-refractivity contribution is 4.84. The summed E-state index contributed by atoms with van der Waals surface area (Å²) in [6.07, 6.45) is 15.6. The van der Waals surface area contributed by atoms with Crippen molar-refractivity contribution < 1.29 is 4.74 Å². The quantitative estimate of drug-likeness (QED) is 0.253. The van der Waals surface area contributed by atoms with Gasteiger partial charge in [-0.05, 0) is 247 Å². The van der Waals surface area contributed by atoms with Crippen LogP contribution in [0.5, 0.6) is 0 Å². The molecule has 11 nitrogen and oxygen atoms in total. The van der Waals surface area contributed by atoms with Crippen LogP contribution in [0.2, 0.25) is 0 Å². The van der Waals surface area contributed by atoms with Crippen LogP contribution < -0.4 is 5.73 Å². The number of ether oxygens (including phenoxy) is 1. The third-order valence-electron chi connectivity index (χ3n) is 16.0. The van der Waals surface area contributed by atoms with E-state index in [1.807, 2.05) is 0 Å². The monoisotopic (exact) mass is 993 g/mol. The summed E-state index contributed by atoms with van der Waals surface area (Å²) < 4.78 is 5.21. The average molecular weight is 994 g/mol. The zero-order chi connectivity index (χ0) is 52.6. The van der Waals surface area contributed by atoms with Gasteiger partial charge in [0.25, 0.3) is 0 Å². The van der Waals surface area contributed by atoms with E-state index in [1.165, 1.54) is 162 Å². The molecule has 8 saturated heterocycles. The van der Waals surface area contributed by atoms with E-state index in [0.29, 0.717) is 18.1 Å². The third kappa shape index (κ3) is 32.1. The second-order valence-corrected chi connectivity index (χ2v) is 24.5. The van der Waals surface area contributed by atoms with E-state index in [9.17, 15) is 0 Å². The predicted octanol–water partition coefficient (Wildman–Crippen LogP) is 9.89. The molecule has 0 aromatic heterocycles. The molecule has 0 atom stereocenters. The predicted molar refractivity (Wildman–Crippen MR) is 310 cm³/mol. The summed E-state index contributed by atoms with van der Waals surface area (Å²) >= 11 is 0. The van der Waals surface area contributed by atoms with Crippen LogP contribution in [0.3, 0.4) is 0 Å². The van der Waals surface area contributed by atoms with Crippen LogP contribution in [0.25, 0.3) is 0 Å². The number of likely N-dealkylation sites (N-methyl/N-ethyl adjacent to an activating group) is 1. The number of hydrogen-bond acceptors (Lipinski definition) is 11. The molecular weight excluding hydrogens is 865 g/mol. The molecule has 8 heterocycles. The van der Waals surface area contributed by atoms with Gasteiger partial charge in [-0.2, -0.15) is 0 Å². The van der Waals surface area contributed by atoms with Crippen LogP contribution in [-0.4, -0.2) is 237 Å². The molecule has 8 aliphatic rings. The van der Waals surface area contributed by atoms with Gasteiger partial charge in [-0.3, -0.25) is 14.7 Å². The number of piperazine rings is 1. The summed E-state index contributed by atoms with van der Waals surface area (Å²) in [4.78, 5) is 22.4. The summed E-state index contributed by atoms with van der Waals surface area (Å²) in [7, 11) is 2.19. The summed E-state index contributed by atoms with van der Waals surface area (Å²) in [5, 5.41) is 0. The molecule has 0 spiro atoms. The second-order valence-electron chi connectivity index (χ2n) is 24.5. The molecule has 70 heavy (non-hydrogen) atoms. The summed E-state index contributed by atoms with van der Waals surface area (Å²) in [5.74, 6) is 0.968. The van der Waals surface area contributed by atoms with Crippen LogP contribution in [0.4, 0.5) is 0 Å². The number of likely N-dealkylation sites (tertiary alicyclic amines) is 6. The van der Waals surface area contributed by atoms with Crippen molar-refractivity contribution in [1.29, 1.82) is 0 Å². The summed E-state index contributed by atoms with van der Waals surface area (Å²) in [6.45, 7) is 63.0. The first-order valence-electron chi connectivity index (χ1n) is 30.1. The molecule has 0 saturated carbocycles. The topological polar surface area (TPSA) is 64.4 Å². The fourth-order valence-corrected chi connectivity index (χ4v) is 9.93. The Morgan fingerprint density at radius 1 is 0.314 bits per heavy atom. The molecule has 0 radical (unpaired) electrons. The molecule has 8 aliphatic heterocycles. The van der Waals surface area contributed by atoms with E-state index in [1.54, 1.807) is 0 Å². The standard InChI is InChI=1S/C9H19N.C8H18N2.2C8H17N.C7H15NO.C7H15N.C6H14N2.C6H13N/c2*1-8(2)10-6-4-9(3)5-7-10;2*1-8(2)9-6-4-3-5-7-9;1-7(2)8-3-5-9-6-4-8;1-7(2)8-5-3-4-6-8;1-5(2)8-3-6(7)4-8;1-6(2)7-4-3-5-7/h8-9H,4-7H2,1-3H3;8H,4-7H2,1-3H3;2*8H,3-7H2,1-2H3;7H,3-6H2,1-2H3;7H,3-6H2,1-2H3;5-6H,3-4,7H2,1-2H3;6H,3-5H2,1-2H3. The molecule has 0 bridgehead atoms. The highest BCUT2D eigenvalue weighted by Gasteiger charge is 2.24. The molecule has 0 unspecified atom stereocenters. The van der Waals surface area contributed by atoms with Crippen molar-refractivity contribution in [2.24, 2.45) is 11.7 Å². The van der Waals surface area contributed by atoms with Crippen molar-refractivity contribution in [2.75, 3.05) is 138 Å². The Hall–Kier alpha value is -0.440. The minimum Gasteiger partial charge on any atom is -0.379 e. The fraction of sp³-hybridized carbons (Fsp3) is 1.00. The van der Waals surface area contributed by atoms with E-state index in [-0.39, 0.29) is 0 Å². The number of nitrogens with two attached hydrogens (primary N) is 1. The van der Waals surface area contributed by atoms with Crippen molar-refractivity contribution in [3.05, 3.63) is 0 Å². The molecule has 11 heteroatoms. The lowest BCUT2D eigenvalue weighted by atomic mass is 9.98. The van der Waals surface area contributed by atoms with Gasteiger partial charge in [0.15, 0.2) is 0 Å². The number of piperidine rings is 3. The molecule has 0 amide bonds. The normalized spacial score (nSPS) is 23.4. The Bertz CT molecular complexity index is 1060. The highest BCUT2D eigenvalue weighted by atomic mass is 16.5. The van der Waals surface area contributed by atoms with Gasteiger partial charge < -0.3 is 39.9 Å². The zero-order valence-corrected chi connectivity index (χ0v) is 50.7. The third-order valence-corrected chi connectivity index (χ3v) is 16.0. The highest BCUT2D eigenvalue weighted by Crippen LogP contribution is 2.18. The largest absolute Gasteiger partial charge is 0.379 e. The summed E-state index contributed by atoms with van der Waals surface area (Å²) in [5.41, 5.74) is 5.56. The van der Waals surface area contributed by atoms with Gasteiger partial charge in [-0.1, -0.05) is 19.8 Å². The van der Waals surface area contributed by atoms with Gasteiger partial charge in [-0.15, -0.1) is 0 Å². The van der Waals surface area contributed by atoms with Crippen LogP contribution in [0, 0.1) is 5.92 Å². The van der Waals surface area contributed by atoms with Crippen molar-refractivity contribution >= 4 is 0 Å². The smallest absolute Gasteiger partial charge is 0.0594 e. The lowest BCUT2D eigenvalue weighted by Gasteiger charge is -2.39. The zero-order valence-electron chi connectivity index (χ0n) is 50.7. The molecule has 420 valence electrons. The van der Waals surface area contributed by atoms with Gasteiger partial charge in [0.2, 0.25) is 0 Å². The molecular formula is C59H128N10O.